The lowest BCUT2D eigenvalue weighted by Gasteiger charge is -2.23. The Bertz CT molecular complexity index is 527. The second-order valence-electron chi connectivity index (χ2n) is 5.26. The van der Waals surface area contributed by atoms with Gasteiger partial charge in [-0.2, -0.15) is 0 Å². The summed E-state index contributed by atoms with van der Waals surface area (Å²) in [6, 6.07) is 3.14. The zero-order valence-corrected chi connectivity index (χ0v) is 14.2. The first-order valence-electron chi connectivity index (χ1n) is 7.67. The van der Waals surface area contributed by atoms with Gasteiger partial charge in [0.05, 0.1) is 0 Å². The Morgan fingerprint density at radius 2 is 1.90 bits per heavy atom. The van der Waals surface area contributed by atoms with Crippen LogP contribution < -0.4 is 10.0 Å². The van der Waals surface area contributed by atoms with Crippen LogP contribution in [-0.4, -0.2) is 26.0 Å². The van der Waals surface area contributed by atoms with E-state index in [9.17, 15) is 8.42 Å². The molecule has 0 aliphatic carbocycles. The number of hydrogen-bond donors (Lipinski definition) is 2. The molecule has 0 amide bonds. The lowest BCUT2D eigenvalue weighted by molar-refractivity contribution is 0.391. The van der Waals surface area contributed by atoms with E-state index in [1.165, 1.54) is 0 Å². The molecule has 1 aromatic rings. The van der Waals surface area contributed by atoms with Crippen LogP contribution in [0.5, 0.6) is 0 Å². The molecule has 1 unspecified atom stereocenters. The van der Waals surface area contributed by atoms with Crippen molar-refractivity contribution in [3.8, 4) is 0 Å². The predicted octanol–water partition coefficient (Wildman–Crippen LogP) is 3.01. The van der Waals surface area contributed by atoms with Crippen LogP contribution in [0.15, 0.2) is 23.2 Å². The molecule has 0 spiro atoms. The maximum absolute atomic E-state index is 12.6. The second kappa shape index (κ2) is 8.34. The number of aromatic nitrogens is 1. The summed E-state index contributed by atoms with van der Waals surface area (Å²) in [5.41, 5.74) is 0. The van der Waals surface area contributed by atoms with Gasteiger partial charge in [0.1, 0.15) is 10.7 Å². The molecule has 0 radical (unpaired) electrons. The summed E-state index contributed by atoms with van der Waals surface area (Å²) >= 11 is 0. The van der Waals surface area contributed by atoms with E-state index in [4.69, 9.17) is 0 Å². The Morgan fingerprint density at radius 3 is 2.48 bits per heavy atom. The Labute approximate surface area is 128 Å². The quantitative estimate of drug-likeness (QED) is 0.735. The zero-order valence-electron chi connectivity index (χ0n) is 13.4. The number of pyridine rings is 1. The molecule has 0 saturated heterocycles. The van der Waals surface area contributed by atoms with Crippen molar-refractivity contribution in [3.63, 3.8) is 0 Å². The molecule has 120 valence electrons. The Kier molecular flexibility index (Phi) is 7.11. The molecular weight excluding hydrogens is 286 g/mol. The Morgan fingerprint density at radius 1 is 1.24 bits per heavy atom. The molecule has 5 nitrogen and oxygen atoms in total. The number of nitrogens with one attached hydrogen (secondary N) is 2. The van der Waals surface area contributed by atoms with Crippen LogP contribution >= 0.6 is 0 Å². The summed E-state index contributed by atoms with van der Waals surface area (Å²) in [6.45, 7) is 8.80. The number of sulfonamides is 1. The number of rotatable bonds is 9. The van der Waals surface area contributed by atoms with E-state index in [1.807, 2.05) is 13.8 Å². The molecule has 1 aromatic heterocycles. The van der Waals surface area contributed by atoms with Gasteiger partial charge in [0.15, 0.2) is 0 Å². The van der Waals surface area contributed by atoms with E-state index in [-0.39, 0.29) is 10.9 Å². The summed E-state index contributed by atoms with van der Waals surface area (Å²) in [7, 11) is -3.56. The van der Waals surface area contributed by atoms with Crippen LogP contribution in [0.25, 0.3) is 0 Å². The third kappa shape index (κ3) is 4.97. The minimum Gasteiger partial charge on any atom is -0.369 e. The summed E-state index contributed by atoms with van der Waals surface area (Å²) in [6.07, 6.45) is 4.41. The fraction of sp³-hybridized carbons (Fsp3) is 0.667. The van der Waals surface area contributed by atoms with Crippen molar-refractivity contribution in [1.82, 2.24) is 9.71 Å². The lowest BCUT2D eigenvalue weighted by atomic mass is 9.96. The van der Waals surface area contributed by atoms with Gasteiger partial charge in [-0.25, -0.2) is 18.1 Å². The average molecular weight is 313 g/mol. The molecule has 0 aromatic carbocycles. The van der Waals surface area contributed by atoms with Gasteiger partial charge >= 0.3 is 0 Å². The number of nitrogens with zero attached hydrogens (tertiary/aromatic N) is 1. The predicted molar refractivity (Wildman–Crippen MR) is 86.9 cm³/mol. The largest absolute Gasteiger partial charge is 0.369 e. The maximum atomic E-state index is 12.6. The van der Waals surface area contributed by atoms with Gasteiger partial charge in [-0.15, -0.1) is 0 Å². The molecule has 1 heterocycles. The highest BCUT2D eigenvalue weighted by Crippen LogP contribution is 2.20. The molecule has 21 heavy (non-hydrogen) atoms. The van der Waals surface area contributed by atoms with E-state index >= 15 is 0 Å². The first-order valence-corrected chi connectivity index (χ1v) is 9.15. The first-order chi connectivity index (χ1) is 9.96. The first kappa shape index (κ1) is 17.9. The third-order valence-electron chi connectivity index (χ3n) is 3.70. The van der Waals surface area contributed by atoms with Crippen molar-refractivity contribution in [2.24, 2.45) is 5.92 Å². The van der Waals surface area contributed by atoms with Gasteiger partial charge in [0.25, 0.3) is 0 Å². The minimum atomic E-state index is -3.56. The van der Waals surface area contributed by atoms with Crippen molar-refractivity contribution < 1.29 is 8.42 Å². The van der Waals surface area contributed by atoms with Gasteiger partial charge in [-0.1, -0.05) is 33.6 Å². The van der Waals surface area contributed by atoms with Gasteiger partial charge in [0.2, 0.25) is 10.0 Å². The van der Waals surface area contributed by atoms with Gasteiger partial charge in [-0.3, -0.25) is 0 Å². The fourth-order valence-corrected chi connectivity index (χ4v) is 3.83. The molecule has 6 heteroatoms. The Hall–Kier alpha value is -1.14. The van der Waals surface area contributed by atoms with Crippen LogP contribution in [0.4, 0.5) is 5.82 Å². The number of hydrogen-bond acceptors (Lipinski definition) is 4. The zero-order chi connectivity index (χ0) is 15.9. The molecular formula is C15H27N3O2S. The summed E-state index contributed by atoms with van der Waals surface area (Å²) in [4.78, 5) is 4.36. The standard InChI is InChI=1S/C15H27N3O2S/c1-5-10-16-15-14(9-8-11-17-15)21(19,20)18-12(4)13(6-2)7-3/h8-9,11-13,18H,5-7,10H2,1-4H3,(H,16,17). The van der Waals surface area contributed by atoms with Crippen molar-refractivity contribution in [2.45, 2.75) is 57.9 Å². The number of anilines is 1. The van der Waals surface area contributed by atoms with Gasteiger partial charge in [0, 0.05) is 18.8 Å². The maximum Gasteiger partial charge on any atom is 0.244 e. The van der Waals surface area contributed by atoms with Crippen LogP contribution in [-0.2, 0) is 10.0 Å². The van der Waals surface area contributed by atoms with E-state index in [1.54, 1.807) is 18.3 Å². The van der Waals surface area contributed by atoms with E-state index in [0.29, 0.717) is 18.3 Å². The molecule has 0 saturated carbocycles. The highest BCUT2D eigenvalue weighted by atomic mass is 32.2. The average Bonchev–Trinajstić information content (AvgIpc) is 2.46. The smallest absolute Gasteiger partial charge is 0.244 e. The molecule has 0 fully saturated rings. The third-order valence-corrected chi connectivity index (χ3v) is 5.29. The highest BCUT2D eigenvalue weighted by molar-refractivity contribution is 7.89. The molecule has 0 aliphatic rings. The van der Waals surface area contributed by atoms with Gasteiger partial charge < -0.3 is 5.32 Å². The van der Waals surface area contributed by atoms with Crippen molar-refractivity contribution in [3.05, 3.63) is 18.3 Å². The second-order valence-corrected chi connectivity index (χ2v) is 6.95. The lowest BCUT2D eigenvalue weighted by Crippen LogP contribution is -2.38. The van der Waals surface area contributed by atoms with Crippen LogP contribution in [0.2, 0.25) is 0 Å². The van der Waals surface area contributed by atoms with Crippen molar-refractivity contribution >= 4 is 15.8 Å². The van der Waals surface area contributed by atoms with E-state index in [0.717, 1.165) is 19.3 Å². The molecule has 2 N–H and O–H groups in total. The topological polar surface area (TPSA) is 71.1 Å². The van der Waals surface area contributed by atoms with E-state index < -0.39 is 10.0 Å². The normalized spacial score (nSPS) is 13.4. The minimum absolute atomic E-state index is 0.0933. The molecule has 0 aliphatic heterocycles. The Balaban J connectivity index is 2.97. The summed E-state index contributed by atoms with van der Waals surface area (Å²) in [5, 5.41) is 3.07. The fourth-order valence-electron chi connectivity index (χ4n) is 2.38. The molecule has 0 bridgehead atoms. The van der Waals surface area contributed by atoms with Crippen molar-refractivity contribution in [2.75, 3.05) is 11.9 Å². The van der Waals surface area contributed by atoms with Crippen LogP contribution in [0, 0.1) is 5.92 Å². The van der Waals surface area contributed by atoms with Crippen molar-refractivity contribution in [1.29, 1.82) is 0 Å². The van der Waals surface area contributed by atoms with Gasteiger partial charge in [-0.05, 0) is 31.4 Å². The van der Waals surface area contributed by atoms with E-state index in [2.05, 4.69) is 28.9 Å². The monoisotopic (exact) mass is 313 g/mol. The SMILES string of the molecule is CCCNc1ncccc1S(=O)(=O)NC(C)C(CC)CC. The summed E-state index contributed by atoms with van der Waals surface area (Å²) in [5.74, 6) is 0.757. The van der Waals surface area contributed by atoms with Crippen LogP contribution in [0.1, 0.15) is 47.0 Å². The highest BCUT2D eigenvalue weighted by Gasteiger charge is 2.24. The molecule has 1 rings (SSSR count). The molecule has 1 atom stereocenters. The van der Waals surface area contributed by atoms with Crippen LogP contribution in [0.3, 0.4) is 0 Å². The summed E-state index contributed by atoms with van der Waals surface area (Å²) < 4.78 is 27.9.